The normalized spacial score (nSPS) is 11.4. The lowest BCUT2D eigenvalue weighted by atomic mass is 9.84. The number of carboxylic acid groups (broad SMARTS) is 1. The van der Waals surface area contributed by atoms with Crippen molar-refractivity contribution in [3.8, 4) is 0 Å². The number of carboxylic acids is 1. The Morgan fingerprint density at radius 3 is 2.36 bits per heavy atom. The van der Waals surface area contributed by atoms with Gasteiger partial charge in [-0.05, 0) is 29.2 Å². The molecule has 0 heterocycles. The van der Waals surface area contributed by atoms with Crippen molar-refractivity contribution < 1.29 is 9.90 Å². The van der Waals surface area contributed by atoms with Gasteiger partial charge in [0.1, 0.15) is 0 Å². The molecule has 0 saturated heterocycles. The minimum Gasteiger partial charge on any atom is -0.478 e. The van der Waals surface area contributed by atoms with Crippen molar-refractivity contribution in [1.82, 2.24) is 0 Å². The van der Waals surface area contributed by atoms with E-state index < -0.39 is 5.97 Å². The van der Waals surface area contributed by atoms with Crippen LogP contribution in [0.4, 0.5) is 0 Å². The van der Waals surface area contributed by atoms with Crippen LogP contribution < -0.4 is 0 Å². The van der Waals surface area contributed by atoms with Gasteiger partial charge in [0, 0.05) is 5.02 Å². The SMILES string of the molecule is CC(C)(C)c1cc(Cl)ccc1C(=O)O. The van der Waals surface area contributed by atoms with E-state index in [2.05, 4.69) is 0 Å². The number of hydrogen-bond donors (Lipinski definition) is 1. The highest BCUT2D eigenvalue weighted by molar-refractivity contribution is 6.30. The molecule has 0 aliphatic heterocycles. The van der Waals surface area contributed by atoms with Gasteiger partial charge in [0.15, 0.2) is 0 Å². The maximum Gasteiger partial charge on any atom is 0.335 e. The molecule has 76 valence electrons. The molecule has 0 aromatic heterocycles. The van der Waals surface area contributed by atoms with E-state index in [1.165, 1.54) is 0 Å². The van der Waals surface area contributed by atoms with Crippen LogP contribution >= 0.6 is 11.6 Å². The Hall–Kier alpha value is -1.02. The van der Waals surface area contributed by atoms with Crippen molar-refractivity contribution in [1.29, 1.82) is 0 Å². The quantitative estimate of drug-likeness (QED) is 0.775. The first kappa shape index (κ1) is 11.1. The molecule has 0 spiro atoms. The third kappa shape index (κ3) is 2.26. The van der Waals surface area contributed by atoms with Crippen molar-refractivity contribution in [2.45, 2.75) is 26.2 Å². The zero-order chi connectivity index (χ0) is 10.9. The summed E-state index contributed by atoms with van der Waals surface area (Å²) in [6, 6.07) is 4.86. The summed E-state index contributed by atoms with van der Waals surface area (Å²) in [5, 5.41) is 9.55. The highest BCUT2D eigenvalue weighted by atomic mass is 35.5. The lowest BCUT2D eigenvalue weighted by molar-refractivity contribution is 0.0694. The van der Waals surface area contributed by atoms with E-state index in [1.807, 2.05) is 20.8 Å². The molecular formula is C11H13ClO2. The molecular weight excluding hydrogens is 200 g/mol. The molecule has 0 unspecified atom stereocenters. The van der Waals surface area contributed by atoms with Crippen molar-refractivity contribution in [2.75, 3.05) is 0 Å². The molecule has 1 N–H and O–H groups in total. The molecule has 0 aliphatic rings. The Balaban J connectivity index is 3.38. The predicted octanol–water partition coefficient (Wildman–Crippen LogP) is 3.34. The van der Waals surface area contributed by atoms with E-state index in [4.69, 9.17) is 16.7 Å². The zero-order valence-electron chi connectivity index (χ0n) is 8.47. The van der Waals surface area contributed by atoms with Crippen LogP contribution in [-0.4, -0.2) is 11.1 Å². The van der Waals surface area contributed by atoms with E-state index >= 15 is 0 Å². The van der Waals surface area contributed by atoms with Gasteiger partial charge in [-0.25, -0.2) is 4.79 Å². The molecule has 0 bridgehead atoms. The lowest BCUT2D eigenvalue weighted by Gasteiger charge is -2.21. The molecule has 1 rings (SSSR count). The first-order chi connectivity index (χ1) is 6.32. The topological polar surface area (TPSA) is 37.3 Å². The Bertz CT molecular complexity index is 364. The Morgan fingerprint density at radius 1 is 1.36 bits per heavy atom. The van der Waals surface area contributed by atoms with Gasteiger partial charge in [0.05, 0.1) is 5.56 Å². The smallest absolute Gasteiger partial charge is 0.335 e. The predicted molar refractivity (Wildman–Crippen MR) is 57.1 cm³/mol. The van der Waals surface area contributed by atoms with Gasteiger partial charge >= 0.3 is 5.97 Å². The average molecular weight is 213 g/mol. The molecule has 0 fully saturated rings. The van der Waals surface area contributed by atoms with Gasteiger partial charge in [-0.15, -0.1) is 0 Å². The van der Waals surface area contributed by atoms with Crippen LogP contribution in [0.1, 0.15) is 36.7 Å². The molecule has 0 saturated carbocycles. The molecule has 1 aromatic carbocycles. The van der Waals surface area contributed by atoms with E-state index in [9.17, 15) is 4.79 Å². The fourth-order valence-corrected chi connectivity index (χ4v) is 1.50. The molecule has 0 radical (unpaired) electrons. The fraction of sp³-hybridized carbons (Fsp3) is 0.364. The average Bonchev–Trinajstić information content (AvgIpc) is 2.01. The molecule has 0 atom stereocenters. The van der Waals surface area contributed by atoms with Gasteiger partial charge in [0.2, 0.25) is 0 Å². The number of carbonyl (C=O) groups is 1. The van der Waals surface area contributed by atoms with Crippen LogP contribution in [0.5, 0.6) is 0 Å². The Kier molecular flexibility index (Phi) is 2.86. The summed E-state index contributed by atoms with van der Waals surface area (Å²) in [6.45, 7) is 5.89. The molecule has 3 heteroatoms. The summed E-state index contributed by atoms with van der Waals surface area (Å²) >= 11 is 5.83. The molecule has 1 aromatic rings. The van der Waals surface area contributed by atoms with Gasteiger partial charge in [-0.2, -0.15) is 0 Å². The third-order valence-electron chi connectivity index (χ3n) is 2.02. The monoisotopic (exact) mass is 212 g/mol. The molecule has 0 amide bonds. The largest absolute Gasteiger partial charge is 0.478 e. The summed E-state index contributed by atoms with van der Waals surface area (Å²) in [5.74, 6) is -0.911. The van der Waals surface area contributed by atoms with Crippen molar-refractivity contribution >= 4 is 17.6 Å². The van der Waals surface area contributed by atoms with E-state index in [-0.39, 0.29) is 5.41 Å². The minimum absolute atomic E-state index is 0.210. The number of halogens is 1. The summed E-state index contributed by atoms with van der Waals surface area (Å²) in [6.07, 6.45) is 0. The van der Waals surface area contributed by atoms with Crippen LogP contribution in [0.3, 0.4) is 0 Å². The summed E-state index contributed by atoms with van der Waals surface area (Å²) in [5.41, 5.74) is 0.873. The highest BCUT2D eigenvalue weighted by Gasteiger charge is 2.21. The number of benzene rings is 1. The molecule has 2 nitrogen and oxygen atoms in total. The van der Waals surface area contributed by atoms with Crippen molar-refractivity contribution in [3.05, 3.63) is 34.3 Å². The first-order valence-electron chi connectivity index (χ1n) is 4.35. The number of aromatic carboxylic acids is 1. The van der Waals surface area contributed by atoms with Gasteiger partial charge in [0.25, 0.3) is 0 Å². The summed E-state index contributed by atoms with van der Waals surface area (Å²) < 4.78 is 0. The van der Waals surface area contributed by atoms with Crippen molar-refractivity contribution in [3.63, 3.8) is 0 Å². The summed E-state index contributed by atoms with van der Waals surface area (Å²) in [7, 11) is 0. The Morgan fingerprint density at radius 2 is 1.93 bits per heavy atom. The molecule has 14 heavy (non-hydrogen) atoms. The van der Waals surface area contributed by atoms with Crippen LogP contribution in [-0.2, 0) is 5.41 Å². The van der Waals surface area contributed by atoms with E-state index in [0.717, 1.165) is 5.56 Å². The van der Waals surface area contributed by atoms with Crippen LogP contribution in [0.25, 0.3) is 0 Å². The number of hydrogen-bond acceptors (Lipinski definition) is 1. The van der Waals surface area contributed by atoms with Crippen molar-refractivity contribution in [2.24, 2.45) is 0 Å². The first-order valence-corrected chi connectivity index (χ1v) is 4.73. The van der Waals surface area contributed by atoms with Crippen LogP contribution in [0.15, 0.2) is 18.2 Å². The van der Waals surface area contributed by atoms with Crippen LogP contribution in [0.2, 0.25) is 5.02 Å². The zero-order valence-corrected chi connectivity index (χ0v) is 9.22. The number of rotatable bonds is 1. The summed E-state index contributed by atoms with van der Waals surface area (Å²) in [4.78, 5) is 10.9. The van der Waals surface area contributed by atoms with Gasteiger partial charge in [-0.1, -0.05) is 32.4 Å². The molecule has 0 aliphatic carbocycles. The van der Waals surface area contributed by atoms with E-state index in [1.54, 1.807) is 18.2 Å². The highest BCUT2D eigenvalue weighted by Crippen LogP contribution is 2.28. The Labute approximate surface area is 88.5 Å². The van der Waals surface area contributed by atoms with Crippen LogP contribution in [0, 0.1) is 0 Å². The third-order valence-corrected chi connectivity index (χ3v) is 2.26. The second-order valence-corrected chi connectivity index (χ2v) is 4.68. The fourth-order valence-electron chi connectivity index (χ4n) is 1.32. The lowest BCUT2D eigenvalue weighted by Crippen LogP contribution is -2.16. The second kappa shape index (κ2) is 3.62. The maximum atomic E-state index is 10.9. The second-order valence-electron chi connectivity index (χ2n) is 4.25. The standard InChI is InChI=1S/C11H13ClO2/c1-11(2,3)9-6-7(12)4-5-8(9)10(13)14/h4-6H,1-3H3,(H,13,14). The van der Waals surface area contributed by atoms with Gasteiger partial charge < -0.3 is 5.11 Å². The minimum atomic E-state index is -0.911. The maximum absolute atomic E-state index is 10.9. The van der Waals surface area contributed by atoms with Gasteiger partial charge in [-0.3, -0.25) is 0 Å². The van der Waals surface area contributed by atoms with E-state index in [0.29, 0.717) is 10.6 Å².